The first-order valence-corrected chi connectivity index (χ1v) is 17.5. The Morgan fingerprint density at radius 2 is 1.29 bits per heavy atom. The monoisotopic (exact) mass is 752 g/mol. The fourth-order valence-electron chi connectivity index (χ4n) is 4.96. The molecule has 6 aromatic heterocycles. The van der Waals surface area contributed by atoms with E-state index in [2.05, 4.69) is 30.8 Å². The molecule has 0 amide bonds. The third-order valence-corrected chi connectivity index (χ3v) is 10.3. The molecule has 0 saturated carbocycles. The van der Waals surface area contributed by atoms with Gasteiger partial charge in [-0.05, 0) is 28.1 Å². The van der Waals surface area contributed by atoms with Gasteiger partial charge in [-0.25, -0.2) is 0 Å². The van der Waals surface area contributed by atoms with Crippen LogP contribution >= 0.6 is 38.6 Å². The highest BCUT2D eigenvalue weighted by Crippen LogP contribution is 2.34. The number of anilines is 2. The van der Waals surface area contributed by atoms with Crippen molar-refractivity contribution >= 4 is 83.5 Å². The first-order valence-electron chi connectivity index (χ1n) is 15.0. The van der Waals surface area contributed by atoms with E-state index >= 15 is 0 Å². The zero-order chi connectivity index (χ0) is 33.5. The number of fused-ring (bicyclic) bond motifs is 2. The van der Waals surface area contributed by atoms with Gasteiger partial charge in [0.05, 0.1) is 30.9 Å². The maximum atomic E-state index is 12.4. The maximum absolute atomic E-state index is 12.4. The molecule has 2 aliphatic heterocycles. The van der Waals surface area contributed by atoms with Crippen molar-refractivity contribution in [3.8, 4) is 11.1 Å². The minimum atomic E-state index is -1.40. The van der Waals surface area contributed by atoms with Crippen LogP contribution in [-0.2, 0) is 9.47 Å². The summed E-state index contributed by atoms with van der Waals surface area (Å²) in [6, 6.07) is 10.2. The number of hydrogen-bond donors (Lipinski definition) is 2. The van der Waals surface area contributed by atoms with Gasteiger partial charge in [0.25, 0.3) is 0 Å². The van der Waals surface area contributed by atoms with Crippen LogP contribution in [0.3, 0.4) is 0 Å². The molecule has 248 valence electrons. The highest BCUT2D eigenvalue weighted by atomic mass is 79.9. The zero-order valence-electron chi connectivity index (χ0n) is 25.5. The molecule has 0 unspecified atom stereocenters. The van der Waals surface area contributed by atoms with Gasteiger partial charge in [-0.2, -0.15) is 0 Å². The van der Waals surface area contributed by atoms with Crippen LogP contribution in [0.4, 0.5) is 11.8 Å². The molecule has 48 heavy (non-hydrogen) atoms. The van der Waals surface area contributed by atoms with Crippen LogP contribution in [0, 0.1) is 0 Å². The van der Waals surface area contributed by atoms with Crippen molar-refractivity contribution in [1.29, 1.82) is 0 Å². The van der Waals surface area contributed by atoms with Gasteiger partial charge in [-0.1, -0.05) is 12.1 Å². The Kier molecular flexibility index (Phi) is 11.3. The predicted octanol–water partition coefficient (Wildman–Crippen LogP) is 3.97. The van der Waals surface area contributed by atoms with Crippen molar-refractivity contribution in [2.45, 2.75) is 0 Å². The summed E-state index contributed by atoms with van der Waals surface area (Å²) in [7, 11) is -1.40. The molecule has 16 heteroatoms. The second-order valence-corrected chi connectivity index (χ2v) is 13.2. The number of ether oxygens (including phenoxy) is 2. The van der Waals surface area contributed by atoms with Crippen molar-refractivity contribution in [1.82, 2.24) is 9.97 Å². The smallest absolute Gasteiger partial charge is 0.439 e. The molecule has 0 aromatic carbocycles. The summed E-state index contributed by atoms with van der Waals surface area (Å²) < 4.78 is 24.6. The number of nitrogens with zero attached hydrogens (tertiary/aromatic N) is 4. The minimum absolute atomic E-state index is 0.00267. The number of rotatable bonds is 4. The summed E-state index contributed by atoms with van der Waals surface area (Å²) in [5.41, 5.74) is 3.59. The van der Waals surface area contributed by atoms with Gasteiger partial charge < -0.3 is 38.2 Å². The largest absolute Gasteiger partial charge is 0.490 e. The fraction of sp³-hybridized carbons (Fsp3) is 0.250. The Balaban J connectivity index is 0.000000137. The van der Waals surface area contributed by atoms with Crippen molar-refractivity contribution in [2.75, 3.05) is 62.4 Å². The van der Waals surface area contributed by atoms with E-state index < -0.39 is 7.12 Å². The Morgan fingerprint density at radius 1 is 0.750 bits per heavy atom. The molecule has 8 rings (SSSR count). The van der Waals surface area contributed by atoms with E-state index in [0.717, 1.165) is 41.8 Å². The highest BCUT2D eigenvalue weighted by Gasteiger charge is 2.19. The van der Waals surface area contributed by atoms with Gasteiger partial charge in [0.2, 0.25) is 10.9 Å². The van der Waals surface area contributed by atoms with Crippen LogP contribution in [0.25, 0.3) is 31.7 Å². The van der Waals surface area contributed by atoms with Crippen molar-refractivity contribution in [3.05, 3.63) is 96.9 Å². The molecule has 0 aliphatic carbocycles. The molecular formula is C32H30BBrN4O8S2. The van der Waals surface area contributed by atoms with E-state index in [1.807, 2.05) is 27.8 Å². The quantitative estimate of drug-likeness (QED) is 0.251. The minimum Gasteiger partial charge on any atom is -0.439 e. The van der Waals surface area contributed by atoms with Gasteiger partial charge >= 0.3 is 7.12 Å². The summed E-state index contributed by atoms with van der Waals surface area (Å²) in [6.07, 6.45) is 6.49. The Morgan fingerprint density at radius 3 is 1.81 bits per heavy atom. The maximum Gasteiger partial charge on any atom is 0.490 e. The first-order chi connectivity index (χ1) is 23.4. The van der Waals surface area contributed by atoms with Crippen molar-refractivity contribution < 1.29 is 28.4 Å². The number of thiophene rings is 2. The number of halogens is 1. The summed E-state index contributed by atoms with van der Waals surface area (Å²) in [5.74, 6) is 1.24. The summed E-state index contributed by atoms with van der Waals surface area (Å²) in [6.45, 7) is 5.65. The summed E-state index contributed by atoms with van der Waals surface area (Å²) in [5, 5.41) is 20.9. The van der Waals surface area contributed by atoms with E-state index in [-0.39, 0.29) is 10.9 Å². The molecule has 0 bridgehead atoms. The lowest BCUT2D eigenvalue weighted by atomic mass is 9.82. The molecule has 0 atom stereocenters. The molecule has 2 aliphatic rings. The average molecular weight is 753 g/mol. The van der Waals surface area contributed by atoms with Crippen molar-refractivity contribution in [3.63, 3.8) is 0 Å². The van der Waals surface area contributed by atoms with E-state index in [4.69, 9.17) is 28.4 Å². The zero-order valence-corrected chi connectivity index (χ0v) is 28.7. The molecular weight excluding hydrogens is 723 g/mol. The SMILES string of the molecule is O=c1cc(N2CCOCC2)oc2c(-c3cccnc3)csc12.O=c1cc(N2CCOCC2)oc2c(Br)csc12.OB(O)c1cccnc1. The second kappa shape index (κ2) is 16.0. The van der Waals surface area contributed by atoms with E-state index in [1.165, 1.54) is 28.9 Å². The molecule has 0 radical (unpaired) electrons. The Bertz CT molecular complexity index is 2060. The van der Waals surface area contributed by atoms with E-state index in [0.29, 0.717) is 64.2 Å². The predicted molar refractivity (Wildman–Crippen MR) is 192 cm³/mol. The molecule has 2 N–H and O–H groups in total. The van der Waals surface area contributed by atoms with Crippen LogP contribution in [0.15, 0.2) is 94.8 Å². The number of hydrogen-bond acceptors (Lipinski definition) is 14. The van der Waals surface area contributed by atoms with Gasteiger partial charge in [-0.15, -0.1) is 22.7 Å². The standard InChI is InChI=1S/C16H14N2O3S.C11H10BrNO3S.C5H6BNO2/c19-13-8-14(18-4-6-20-7-5-18)21-15-12(10-22-16(13)15)11-2-1-3-17-9-11;12-7-6-17-11-8(14)5-9(16-10(7)11)13-1-3-15-4-2-13;8-6(9)5-2-1-3-7-4-5/h1-3,8-10H,4-7H2;5-6H,1-4H2;1-4,8-9H. The van der Waals surface area contributed by atoms with Gasteiger partial charge in [0.15, 0.2) is 22.9 Å². The number of pyridine rings is 2. The van der Waals surface area contributed by atoms with Gasteiger partial charge in [0, 0.05) is 90.4 Å². The van der Waals surface area contributed by atoms with Crippen molar-refractivity contribution in [2.24, 2.45) is 0 Å². The lowest BCUT2D eigenvalue weighted by molar-refractivity contribution is 0.120. The Labute approximate surface area is 291 Å². The molecule has 0 spiro atoms. The topological polar surface area (TPSA) is 152 Å². The van der Waals surface area contributed by atoms with Gasteiger partial charge in [0.1, 0.15) is 9.40 Å². The summed E-state index contributed by atoms with van der Waals surface area (Å²) >= 11 is 6.21. The lowest BCUT2D eigenvalue weighted by Crippen LogP contribution is -2.36. The average Bonchev–Trinajstić information content (AvgIpc) is 3.74. The van der Waals surface area contributed by atoms with Crippen LogP contribution in [0.2, 0.25) is 0 Å². The third kappa shape index (κ3) is 8.03. The normalized spacial score (nSPS) is 14.6. The summed E-state index contributed by atoms with van der Waals surface area (Å²) in [4.78, 5) is 36.2. The first kappa shape index (κ1) is 34.0. The van der Waals surface area contributed by atoms with E-state index in [1.54, 1.807) is 42.9 Å². The lowest BCUT2D eigenvalue weighted by Gasteiger charge is -2.27. The number of aromatic nitrogens is 2. The fourth-order valence-corrected chi connectivity index (χ4v) is 7.33. The molecule has 2 fully saturated rings. The van der Waals surface area contributed by atoms with Crippen LogP contribution in [-0.4, -0.2) is 79.7 Å². The van der Waals surface area contributed by atoms with Crippen LogP contribution in [0.5, 0.6) is 0 Å². The van der Waals surface area contributed by atoms with E-state index in [9.17, 15) is 9.59 Å². The molecule has 2 saturated heterocycles. The Hall–Kier alpha value is -3.90. The second-order valence-electron chi connectivity index (χ2n) is 10.5. The molecule has 12 nitrogen and oxygen atoms in total. The highest BCUT2D eigenvalue weighted by molar-refractivity contribution is 9.10. The molecule has 6 aromatic rings. The third-order valence-electron chi connectivity index (χ3n) is 7.42. The van der Waals surface area contributed by atoms with Gasteiger partial charge in [-0.3, -0.25) is 19.6 Å². The molecule has 8 heterocycles. The van der Waals surface area contributed by atoms with Crippen LogP contribution in [0.1, 0.15) is 0 Å². The number of morpholine rings is 2. The van der Waals surface area contributed by atoms with Crippen LogP contribution < -0.4 is 26.1 Å².